The van der Waals surface area contributed by atoms with Gasteiger partial charge in [0.2, 0.25) is 0 Å². The van der Waals surface area contributed by atoms with Crippen molar-refractivity contribution in [2.45, 2.75) is 136 Å². The first-order valence-corrected chi connectivity index (χ1v) is 14.4. The van der Waals surface area contributed by atoms with Crippen molar-refractivity contribution in [3.8, 4) is 0 Å². The van der Waals surface area contributed by atoms with Crippen molar-refractivity contribution in [3.63, 3.8) is 0 Å². The number of hydrogen-bond donors (Lipinski definition) is 2. The lowest BCUT2D eigenvalue weighted by atomic mass is 9.34. The maximum atomic E-state index is 11.4. The van der Waals surface area contributed by atoms with E-state index in [1.807, 2.05) is 13.8 Å². The zero-order valence-corrected chi connectivity index (χ0v) is 22.9. The van der Waals surface area contributed by atoms with Crippen molar-refractivity contribution in [2.24, 2.45) is 45.3 Å². The molecule has 7 fully saturated rings. The third-order valence-electron chi connectivity index (χ3n) is 13.7. The minimum absolute atomic E-state index is 0.0479. The fourth-order valence-electron chi connectivity index (χ4n) is 11.5. The Kier molecular flexibility index (Phi) is 4.86. The summed E-state index contributed by atoms with van der Waals surface area (Å²) in [5.74, 6) is 1.60. The van der Waals surface area contributed by atoms with Gasteiger partial charge in [0, 0.05) is 17.3 Å². The van der Waals surface area contributed by atoms with Gasteiger partial charge in [0.25, 0.3) is 0 Å². The largest absolute Gasteiger partial charge is 0.388 e. The minimum Gasteiger partial charge on any atom is -0.388 e. The SMILES string of the molecule is CC(C)(O)C1CCC(C)(C2CCC3(C)C2CCC2C45CCC(O)(OC4)C(C)(C)C5CCC23C)O1. The van der Waals surface area contributed by atoms with Crippen LogP contribution in [-0.2, 0) is 9.47 Å². The highest BCUT2D eigenvalue weighted by Crippen LogP contribution is 2.78. The fraction of sp³-hybridized carbons (Fsp3) is 1.00. The van der Waals surface area contributed by atoms with E-state index in [9.17, 15) is 10.2 Å². The molecule has 0 amide bonds. The van der Waals surface area contributed by atoms with Crippen LogP contribution in [0, 0.1) is 45.3 Å². The lowest BCUT2D eigenvalue weighted by molar-refractivity contribution is -0.399. The van der Waals surface area contributed by atoms with E-state index in [4.69, 9.17) is 9.47 Å². The standard InChI is InChI=1S/C30H50O4/c1-24(2)21-11-14-27(6)22(29(21)16-17-30(24,32)33-18-29)9-8-19-20(10-13-26(19,27)5)28(7)15-12-23(34-28)25(3,4)31/h19-23,31-32H,8-18H2,1-7H3. The predicted molar refractivity (Wildman–Crippen MR) is 133 cm³/mol. The van der Waals surface area contributed by atoms with Gasteiger partial charge in [0.1, 0.15) is 0 Å². The third kappa shape index (κ3) is 2.70. The van der Waals surface area contributed by atoms with Crippen molar-refractivity contribution in [1.29, 1.82) is 0 Å². The lowest BCUT2D eigenvalue weighted by Gasteiger charge is -2.74. The fourth-order valence-corrected chi connectivity index (χ4v) is 11.5. The van der Waals surface area contributed by atoms with Crippen LogP contribution in [0.15, 0.2) is 0 Å². The van der Waals surface area contributed by atoms with Crippen LogP contribution in [0.5, 0.6) is 0 Å². The summed E-state index contributed by atoms with van der Waals surface area (Å²) in [6.45, 7) is 16.8. The molecule has 7 rings (SSSR count). The Morgan fingerprint density at radius 3 is 2.06 bits per heavy atom. The van der Waals surface area contributed by atoms with Crippen LogP contribution in [0.1, 0.15) is 113 Å². The van der Waals surface area contributed by atoms with Gasteiger partial charge in [-0.15, -0.1) is 0 Å². The van der Waals surface area contributed by atoms with E-state index >= 15 is 0 Å². The van der Waals surface area contributed by atoms with Crippen LogP contribution in [-0.4, -0.2) is 39.9 Å². The third-order valence-corrected chi connectivity index (χ3v) is 13.7. The van der Waals surface area contributed by atoms with Gasteiger partial charge < -0.3 is 19.7 Å². The Labute approximate surface area is 207 Å². The average molecular weight is 475 g/mol. The number of fused-ring (bicyclic) bond motifs is 5. The molecule has 10 atom stereocenters. The van der Waals surface area contributed by atoms with Crippen molar-refractivity contribution in [3.05, 3.63) is 0 Å². The topological polar surface area (TPSA) is 58.9 Å². The van der Waals surface area contributed by atoms with Crippen LogP contribution in [0.25, 0.3) is 0 Å². The first-order valence-electron chi connectivity index (χ1n) is 14.4. The second-order valence-electron chi connectivity index (χ2n) is 15.4. The number of ether oxygens (including phenoxy) is 2. The molecule has 7 aliphatic rings. The molecule has 34 heavy (non-hydrogen) atoms. The van der Waals surface area contributed by atoms with E-state index in [1.165, 1.54) is 38.5 Å². The quantitative estimate of drug-likeness (QED) is 0.509. The summed E-state index contributed by atoms with van der Waals surface area (Å²) in [5, 5.41) is 22.0. The molecular formula is C30H50O4. The van der Waals surface area contributed by atoms with E-state index in [-0.39, 0.29) is 22.5 Å². The number of rotatable bonds is 2. The van der Waals surface area contributed by atoms with Gasteiger partial charge in [0.15, 0.2) is 5.79 Å². The molecule has 4 saturated carbocycles. The highest BCUT2D eigenvalue weighted by atomic mass is 16.6. The summed E-state index contributed by atoms with van der Waals surface area (Å²) < 4.78 is 13.1. The molecule has 4 heteroatoms. The Balaban J connectivity index is 1.32. The van der Waals surface area contributed by atoms with Crippen LogP contribution >= 0.6 is 0 Å². The molecule has 4 aliphatic carbocycles. The van der Waals surface area contributed by atoms with Crippen LogP contribution in [0.4, 0.5) is 0 Å². The maximum absolute atomic E-state index is 11.4. The smallest absolute Gasteiger partial charge is 0.170 e. The zero-order chi connectivity index (χ0) is 24.6. The van der Waals surface area contributed by atoms with Crippen molar-refractivity contribution >= 4 is 0 Å². The zero-order valence-electron chi connectivity index (χ0n) is 22.9. The predicted octanol–water partition coefficient (Wildman–Crippen LogP) is 6.08. The molecule has 2 bridgehead atoms. The molecule has 3 saturated heterocycles. The molecule has 0 radical (unpaired) electrons. The second kappa shape index (κ2) is 6.83. The Morgan fingerprint density at radius 2 is 1.44 bits per heavy atom. The van der Waals surface area contributed by atoms with Crippen molar-refractivity contribution in [1.82, 2.24) is 0 Å². The highest BCUT2D eigenvalue weighted by Gasteiger charge is 2.75. The molecule has 3 aliphatic heterocycles. The monoisotopic (exact) mass is 474 g/mol. The molecule has 3 heterocycles. The van der Waals surface area contributed by atoms with Gasteiger partial charge in [-0.25, -0.2) is 0 Å². The maximum Gasteiger partial charge on any atom is 0.170 e. The first-order chi connectivity index (χ1) is 15.6. The molecule has 1 spiro atoms. The molecule has 0 aromatic rings. The summed E-state index contributed by atoms with van der Waals surface area (Å²) in [5.41, 5.74) is -0.168. The van der Waals surface area contributed by atoms with Gasteiger partial charge >= 0.3 is 0 Å². The summed E-state index contributed by atoms with van der Waals surface area (Å²) in [4.78, 5) is 0. The lowest BCUT2D eigenvalue weighted by Crippen LogP contribution is -2.73. The van der Waals surface area contributed by atoms with Gasteiger partial charge in [-0.05, 0) is 113 Å². The van der Waals surface area contributed by atoms with Crippen LogP contribution in [0.3, 0.4) is 0 Å². The molecule has 194 valence electrons. The molecule has 2 N–H and O–H groups in total. The van der Waals surface area contributed by atoms with Gasteiger partial charge in [0.05, 0.1) is 23.9 Å². The van der Waals surface area contributed by atoms with E-state index in [0.717, 1.165) is 32.3 Å². The van der Waals surface area contributed by atoms with Crippen molar-refractivity contribution < 1.29 is 19.7 Å². The van der Waals surface area contributed by atoms with E-state index < -0.39 is 11.4 Å². The summed E-state index contributed by atoms with van der Waals surface area (Å²) in [6, 6.07) is 0. The average Bonchev–Trinajstić information content (AvgIpc) is 3.32. The summed E-state index contributed by atoms with van der Waals surface area (Å²) in [7, 11) is 0. The first kappa shape index (κ1) is 24.2. The summed E-state index contributed by atoms with van der Waals surface area (Å²) >= 11 is 0. The molecule has 4 nitrogen and oxygen atoms in total. The Hall–Kier alpha value is -0.160. The van der Waals surface area contributed by atoms with E-state index in [0.29, 0.717) is 34.5 Å². The van der Waals surface area contributed by atoms with Crippen molar-refractivity contribution in [2.75, 3.05) is 6.61 Å². The van der Waals surface area contributed by atoms with Gasteiger partial charge in [-0.1, -0.05) is 27.7 Å². The molecule has 0 aromatic heterocycles. The number of aliphatic hydroxyl groups is 2. The molecular weight excluding hydrogens is 424 g/mol. The Morgan fingerprint density at radius 1 is 0.735 bits per heavy atom. The van der Waals surface area contributed by atoms with E-state index in [1.54, 1.807) is 0 Å². The van der Waals surface area contributed by atoms with Gasteiger partial charge in [-0.3, -0.25) is 0 Å². The normalized spacial score (nSPS) is 58.3. The molecule has 10 unspecified atom stereocenters. The van der Waals surface area contributed by atoms with Gasteiger partial charge in [-0.2, -0.15) is 0 Å². The number of hydrogen-bond acceptors (Lipinski definition) is 4. The van der Waals surface area contributed by atoms with Crippen LogP contribution in [0.2, 0.25) is 0 Å². The second-order valence-corrected chi connectivity index (χ2v) is 15.4. The minimum atomic E-state index is -0.932. The molecule has 0 aromatic carbocycles. The van der Waals surface area contributed by atoms with Crippen LogP contribution < -0.4 is 0 Å². The van der Waals surface area contributed by atoms with E-state index in [2.05, 4.69) is 34.6 Å². The Bertz CT molecular complexity index is 850. The summed E-state index contributed by atoms with van der Waals surface area (Å²) in [6.07, 6.45) is 11.6. The highest BCUT2D eigenvalue weighted by molar-refractivity contribution is 5.21.